The summed E-state index contributed by atoms with van der Waals surface area (Å²) in [7, 11) is 0. The van der Waals surface area contributed by atoms with E-state index in [1.54, 1.807) is 0 Å². The van der Waals surface area contributed by atoms with E-state index in [0.29, 0.717) is 25.2 Å². The summed E-state index contributed by atoms with van der Waals surface area (Å²) in [4.78, 5) is 27.7. The van der Waals surface area contributed by atoms with Crippen molar-refractivity contribution in [2.24, 2.45) is 5.92 Å². The number of fused-ring (bicyclic) bond motifs is 1. The predicted octanol–water partition coefficient (Wildman–Crippen LogP) is 4.88. The lowest BCUT2D eigenvalue weighted by atomic mass is 9.83. The molecular formula is C32H39N3O2. The van der Waals surface area contributed by atoms with E-state index < -0.39 is 0 Å². The van der Waals surface area contributed by atoms with Crippen LogP contribution in [-0.4, -0.2) is 48.4 Å². The molecule has 0 aromatic heterocycles. The summed E-state index contributed by atoms with van der Waals surface area (Å²) in [6.07, 6.45) is 6.61. The summed E-state index contributed by atoms with van der Waals surface area (Å²) >= 11 is 0. The molecule has 0 spiro atoms. The van der Waals surface area contributed by atoms with Gasteiger partial charge in [-0.2, -0.15) is 0 Å². The standard InChI is InChI=1S/C32H39N3O2/c36-30(33-23-26-10-7-20-35(24-26)21-17-25-8-2-1-3-9-25)15-18-32(19-16-31(37)34-32)22-28-13-6-12-27-11-4-5-14-29(27)28/h1-6,8-9,11-14,26H,7,10,15-24H2,(H,33,36)(H,34,37)/t26-,32-/m0/s1. The Morgan fingerprint density at radius 1 is 1.03 bits per heavy atom. The molecule has 2 atom stereocenters. The van der Waals surface area contributed by atoms with Gasteiger partial charge in [-0.1, -0.05) is 72.8 Å². The van der Waals surface area contributed by atoms with Crippen molar-refractivity contribution in [3.8, 4) is 0 Å². The first-order chi connectivity index (χ1) is 18.1. The smallest absolute Gasteiger partial charge is 0.220 e. The van der Waals surface area contributed by atoms with E-state index >= 15 is 0 Å². The van der Waals surface area contributed by atoms with Crippen LogP contribution in [0.1, 0.15) is 49.7 Å². The van der Waals surface area contributed by atoms with Crippen molar-refractivity contribution in [1.82, 2.24) is 15.5 Å². The molecule has 5 rings (SSSR count). The van der Waals surface area contributed by atoms with Crippen LogP contribution in [0.25, 0.3) is 10.8 Å². The van der Waals surface area contributed by atoms with Gasteiger partial charge in [-0.05, 0) is 72.9 Å². The van der Waals surface area contributed by atoms with E-state index in [0.717, 1.165) is 45.4 Å². The average molecular weight is 498 g/mol. The summed E-state index contributed by atoms with van der Waals surface area (Å²) in [5.74, 6) is 0.697. The minimum atomic E-state index is -0.350. The molecule has 2 N–H and O–H groups in total. The average Bonchev–Trinajstić information content (AvgIpc) is 3.31. The molecule has 2 amide bonds. The minimum Gasteiger partial charge on any atom is -0.356 e. The minimum absolute atomic E-state index is 0.0958. The Balaban J connectivity index is 1.12. The van der Waals surface area contributed by atoms with E-state index in [1.807, 2.05) is 0 Å². The highest BCUT2D eigenvalue weighted by Gasteiger charge is 2.38. The second-order valence-electron chi connectivity index (χ2n) is 11.0. The number of amides is 2. The van der Waals surface area contributed by atoms with Crippen LogP contribution in [0, 0.1) is 5.92 Å². The Morgan fingerprint density at radius 3 is 2.68 bits per heavy atom. The molecule has 0 saturated carbocycles. The van der Waals surface area contributed by atoms with Crippen LogP contribution in [0.3, 0.4) is 0 Å². The molecule has 0 bridgehead atoms. The highest BCUT2D eigenvalue weighted by molar-refractivity contribution is 5.86. The zero-order valence-corrected chi connectivity index (χ0v) is 21.8. The highest BCUT2D eigenvalue weighted by atomic mass is 16.2. The molecule has 2 aliphatic heterocycles. The van der Waals surface area contributed by atoms with Crippen molar-refractivity contribution in [3.63, 3.8) is 0 Å². The third kappa shape index (κ3) is 6.78. The fraction of sp³-hybridized carbons (Fsp3) is 0.438. The molecule has 2 saturated heterocycles. The maximum absolute atomic E-state index is 12.9. The first-order valence-electron chi connectivity index (χ1n) is 13.9. The van der Waals surface area contributed by atoms with Gasteiger partial charge in [0.1, 0.15) is 0 Å². The molecule has 2 fully saturated rings. The van der Waals surface area contributed by atoms with Gasteiger partial charge in [0.05, 0.1) is 0 Å². The fourth-order valence-electron chi connectivity index (χ4n) is 6.15. The summed E-state index contributed by atoms with van der Waals surface area (Å²) in [5.41, 5.74) is 2.27. The summed E-state index contributed by atoms with van der Waals surface area (Å²) < 4.78 is 0. The zero-order chi connectivity index (χ0) is 25.5. The normalized spacial score (nSPS) is 22.2. The third-order valence-corrected chi connectivity index (χ3v) is 8.23. The number of nitrogens with zero attached hydrogens (tertiary/aromatic N) is 1. The van der Waals surface area contributed by atoms with E-state index in [4.69, 9.17) is 0 Å². The van der Waals surface area contributed by atoms with Crippen LogP contribution in [0.15, 0.2) is 72.8 Å². The summed E-state index contributed by atoms with van der Waals surface area (Å²) in [6.45, 7) is 4.01. The maximum Gasteiger partial charge on any atom is 0.220 e. The van der Waals surface area contributed by atoms with Gasteiger partial charge < -0.3 is 15.5 Å². The highest BCUT2D eigenvalue weighted by Crippen LogP contribution is 2.32. The van der Waals surface area contributed by atoms with Crippen molar-refractivity contribution in [3.05, 3.63) is 83.9 Å². The SMILES string of the molecule is O=C(CC[C@@]1(Cc2cccc3ccccc23)CCC(=O)N1)NC[C@@H]1CCCN(CCc2ccccc2)C1. The van der Waals surface area contributed by atoms with Gasteiger partial charge in [0.15, 0.2) is 0 Å². The lowest BCUT2D eigenvalue weighted by molar-refractivity contribution is -0.123. The maximum atomic E-state index is 12.9. The second-order valence-corrected chi connectivity index (χ2v) is 11.0. The van der Waals surface area contributed by atoms with Crippen LogP contribution in [0.5, 0.6) is 0 Å². The molecule has 3 aromatic rings. The van der Waals surface area contributed by atoms with E-state index in [1.165, 1.54) is 34.7 Å². The number of hydrogen-bond acceptors (Lipinski definition) is 3. The molecular weight excluding hydrogens is 458 g/mol. The first kappa shape index (κ1) is 25.5. The molecule has 3 aromatic carbocycles. The Morgan fingerprint density at radius 2 is 1.84 bits per heavy atom. The Bertz CT molecular complexity index is 1210. The monoisotopic (exact) mass is 497 g/mol. The van der Waals surface area contributed by atoms with Crippen LogP contribution < -0.4 is 10.6 Å². The molecule has 0 unspecified atom stereocenters. The number of hydrogen-bond donors (Lipinski definition) is 2. The molecule has 0 radical (unpaired) electrons. The molecule has 0 aliphatic carbocycles. The first-order valence-corrected chi connectivity index (χ1v) is 13.9. The van der Waals surface area contributed by atoms with Gasteiger partial charge in [-0.15, -0.1) is 0 Å². The van der Waals surface area contributed by atoms with Crippen molar-refractivity contribution < 1.29 is 9.59 Å². The number of carbonyl (C=O) groups is 2. The van der Waals surface area contributed by atoms with E-state index in [9.17, 15) is 9.59 Å². The van der Waals surface area contributed by atoms with Gasteiger partial charge in [-0.3, -0.25) is 9.59 Å². The molecule has 2 heterocycles. The second kappa shape index (κ2) is 11.9. The number of benzene rings is 3. The molecule has 37 heavy (non-hydrogen) atoms. The van der Waals surface area contributed by atoms with Crippen LogP contribution in [0.4, 0.5) is 0 Å². The van der Waals surface area contributed by atoms with E-state index in [-0.39, 0.29) is 17.4 Å². The van der Waals surface area contributed by atoms with Crippen LogP contribution >= 0.6 is 0 Å². The van der Waals surface area contributed by atoms with Gasteiger partial charge >= 0.3 is 0 Å². The Hall–Kier alpha value is -3.18. The third-order valence-electron chi connectivity index (χ3n) is 8.23. The summed E-state index contributed by atoms with van der Waals surface area (Å²) in [5, 5.41) is 8.90. The number of nitrogens with one attached hydrogen (secondary N) is 2. The number of rotatable bonds is 10. The van der Waals surface area contributed by atoms with Gasteiger partial charge in [0.2, 0.25) is 11.8 Å². The van der Waals surface area contributed by atoms with Gasteiger partial charge in [0, 0.05) is 38.0 Å². The van der Waals surface area contributed by atoms with Crippen LogP contribution in [-0.2, 0) is 22.4 Å². The zero-order valence-electron chi connectivity index (χ0n) is 21.8. The lowest BCUT2D eigenvalue weighted by Gasteiger charge is -2.33. The summed E-state index contributed by atoms with van der Waals surface area (Å²) in [6, 6.07) is 25.4. The van der Waals surface area contributed by atoms with Crippen LogP contribution in [0.2, 0.25) is 0 Å². The predicted molar refractivity (Wildman–Crippen MR) is 149 cm³/mol. The number of carbonyl (C=O) groups excluding carboxylic acids is 2. The molecule has 194 valence electrons. The van der Waals surface area contributed by atoms with Crippen molar-refractivity contribution in [2.45, 2.75) is 56.9 Å². The van der Waals surface area contributed by atoms with Gasteiger partial charge in [0.25, 0.3) is 0 Å². The largest absolute Gasteiger partial charge is 0.356 e. The quantitative estimate of drug-likeness (QED) is 0.420. The fourth-order valence-corrected chi connectivity index (χ4v) is 6.15. The Kier molecular flexibility index (Phi) is 8.20. The number of piperidine rings is 1. The van der Waals surface area contributed by atoms with E-state index in [2.05, 4.69) is 88.3 Å². The molecule has 2 aliphatic rings. The Labute approximate surface area is 220 Å². The van der Waals surface area contributed by atoms with Crippen molar-refractivity contribution in [2.75, 3.05) is 26.2 Å². The van der Waals surface area contributed by atoms with Crippen molar-refractivity contribution >= 4 is 22.6 Å². The topological polar surface area (TPSA) is 61.4 Å². The lowest BCUT2D eigenvalue weighted by Crippen LogP contribution is -2.45. The number of likely N-dealkylation sites (tertiary alicyclic amines) is 1. The molecule has 5 nitrogen and oxygen atoms in total. The molecule has 5 heteroatoms. The van der Waals surface area contributed by atoms with Gasteiger partial charge in [-0.25, -0.2) is 0 Å². The van der Waals surface area contributed by atoms with Crippen molar-refractivity contribution in [1.29, 1.82) is 0 Å².